The molecule has 8 heteroatoms. The molecule has 4 aromatic carbocycles. The van der Waals surface area contributed by atoms with Crippen LogP contribution in [-0.2, 0) is 17.9 Å². The van der Waals surface area contributed by atoms with Crippen LogP contribution in [-0.4, -0.2) is 33.2 Å². The Morgan fingerprint density at radius 3 is 1.43 bits per heavy atom. The topological polar surface area (TPSA) is 118 Å². The Labute approximate surface area is 232 Å². The second-order valence-electron chi connectivity index (χ2n) is 7.12. The average molecular weight is 612 g/mol. The van der Waals surface area contributed by atoms with Crippen LogP contribution in [0.15, 0.2) is 109 Å². The van der Waals surface area contributed by atoms with E-state index in [2.05, 4.69) is 29.2 Å². The molecule has 0 amide bonds. The van der Waals surface area contributed by atoms with Gasteiger partial charge in [-0.25, -0.2) is 0 Å². The Morgan fingerprint density at radius 1 is 0.676 bits per heavy atom. The van der Waals surface area contributed by atoms with Gasteiger partial charge in [-0.15, -0.1) is 0 Å². The first-order valence-electron chi connectivity index (χ1n) is 10.7. The van der Waals surface area contributed by atoms with Crippen molar-refractivity contribution in [2.45, 2.75) is 20.6 Å². The molecule has 37 heavy (non-hydrogen) atoms. The molecule has 0 unspecified atom stereocenters. The van der Waals surface area contributed by atoms with E-state index in [-0.39, 0.29) is 26.4 Å². The van der Waals surface area contributed by atoms with Crippen molar-refractivity contribution in [1.82, 2.24) is 0 Å². The minimum atomic E-state index is -1.34. The van der Waals surface area contributed by atoms with Crippen molar-refractivity contribution in [3.63, 3.8) is 0 Å². The van der Waals surface area contributed by atoms with E-state index in [9.17, 15) is 4.79 Å². The first-order valence-corrected chi connectivity index (χ1v) is 11.8. The van der Waals surface area contributed by atoms with E-state index >= 15 is 0 Å². The number of benzene rings is 4. The molecular weight excluding hydrogens is 582 g/mol. The molecule has 0 aromatic heterocycles. The van der Waals surface area contributed by atoms with Crippen molar-refractivity contribution >= 4 is 41.0 Å². The second kappa shape index (κ2) is 20.0. The van der Waals surface area contributed by atoms with Gasteiger partial charge in [0.1, 0.15) is 0 Å². The van der Waals surface area contributed by atoms with Crippen LogP contribution in [0.3, 0.4) is 0 Å². The summed E-state index contributed by atoms with van der Waals surface area (Å²) in [6.07, 6.45) is 0. The summed E-state index contributed by atoms with van der Waals surface area (Å²) in [5.74, 6) is 0.00471. The van der Waals surface area contributed by atoms with Crippen molar-refractivity contribution in [3.05, 3.63) is 142 Å². The van der Waals surface area contributed by atoms with Crippen LogP contribution < -0.4 is 5.46 Å². The van der Waals surface area contributed by atoms with Gasteiger partial charge in [0.15, 0.2) is 5.78 Å². The van der Waals surface area contributed by atoms with E-state index < -0.39 is 7.12 Å². The van der Waals surface area contributed by atoms with E-state index in [1.54, 1.807) is 60.7 Å². The zero-order valence-corrected chi connectivity index (χ0v) is 21.5. The fourth-order valence-corrected chi connectivity index (χ4v) is 3.09. The summed E-state index contributed by atoms with van der Waals surface area (Å²) < 4.78 is 8.70. The van der Waals surface area contributed by atoms with Crippen LogP contribution in [0, 0.1) is 10.2 Å². The first kappa shape index (κ1) is 33.9. The predicted molar refractivity (Wildman–Crippen MR) is 154 cm³/mol. The molecule has 192 valence electrons. The molecule has 4 rings (SSSR count). The SMILES string of the molecule is C.O=C(c1ccccc1)c1ccc(CO)cc1.OB(O)c1ccccc1.OCc1ccc(I)cc1.[C-]#[O+]. The van der Waals surface area contributed by atoms with Crippen LogP contribution in [0.2, 0.25) is 0 Å². The first-order chi connectivity index (χ1) is 17.4. The van der Waals surface area contributed by atoms with Crippen molar-refractivity contribution in [2.75, 3.05) is 0 Å². The number of rotatable bonds is 5. The molecule has 0 aliphatic rings. The van der Waals surface area contributed by atoms with Crippen LogP contribution in [0.1, 0.15) is 34.5 Å². The molecule has 0 radical (unpaired) electrons. The van der Waals surface area contributed by atoms with E-state index in [1.165, 1.54) is 3.57 Å². The Balaban J connectivity index is 0.000000533. The van der Waals surface area contributed by atoms with Crippen molar-refractivity contribution in [3.8, 4) is 0 Å². The molecule has 0 atom stereocenters. The van der Waals surface area contributed by atoms with E-state index in [4.69, 9.17) is 24.9 Å². The number of carbonyl (C=O) groups is 1. The van der Waals surface area contributed by atoms with Gasteiger partial charge >= 0.3 is 18.4 Å². The normalized spacial score (nSPS) is 8.95. The van der Waals surface area contributed by atoms with E-state index in [0.29, 0.717) is 16.6 Å². The molecule has 0 aliphatic heterocycles. The maximum absolute atomic E-state index is 12.0. The van der Waals surface area contributed by atoms with Crippen molar-refractivity contribution in [2.24, 2.45) is 0 Å². The molecule has 0 fully saturated rings. The summed E-state index contributed by atoms with van der Waals surface area (Å²) in [4.78, 5) is 12.0. The summed E-state index contributed by atoms with van der Waals surface area (Å²) in [5.41, 5.74) is 3.63. The number of aliphatic hydroxyl groups is 2. The van der Waals surface area contributed by atoms with Gasteiger partial charge in [-0.2, -0.15) is 0 Å². The molecule has 0 saturated heterocycles. The van der Waals surface area contributed by atoms with Gasteiger partial charge in [-0.3, -0.25) is 4.79 Å². The van der Waals surface area contributed by atoms with Crippen LogP contribution in [0.25, 0.3) is 0 Å². The third-order valence-electron chi connectivity index (χ3n) is 4.63. The number of halogens is 1. The van der Waals surface area contributed by atoms with Gasteiger partial charge in [-0.05, 0) is 51.3 Å². The summed E-state index contributed by atoms with van der Waals surface area (Å²) in [6, 6.07) is 32.6. The number of hydrogen-bond acceptors (Lipinski definition) is 5. The van der Waals surface area contributed by atoms with Gasteiger partial charge in [0.2, 0.25) is 0 Å². The van der Waals surface area contributed by atoms with E-state index in [1.807, 2.05) is 48.5 Å². The molecule has 4 aromatic rings. The standard InChI is InChI=1S/C14H12O2.C7H7IO.C6H7BO2.CO.CH4/c15-10-11-6-8-13(9-7-11)14(16)12-4-2-1-3-5-12;8-7-3-1-6(5-9)2-4-7;8-7(9)6-4-2-1-3-5-6;1-2;/h1-9,15H,10H2;1-4,9H,5H2;1-5,8-9H;;1H4. The maximum atomic E-state index is 12.0. The fourth-order valence-electron chi connectivity index (χ4n) is 2.73. The third kappa shape index (κ3) is 13.2. The number of ketones is 1. The number of carbonyl (C=O) groups excluding carboxylic acids is 1. The number of hydrogen-bond donors (Lipinski definition) is 4. The predicted octanol–water partition coefficient (Wildman–Crippen LogP) is 4.16. The molecule has 0 saturated carbocycles. The molecule has 0 heterocycles. The summed E-state index contributed by atoms with van der Waals surface area (Å²) in [7, 11) is -1.34. The van der Waals surface area contributed by atoms with Crippen molar-refractivity contribution < 1.29 is 29.7 Å². The molecule has 6 nitrogen and oxygen atoms in total. The van der Waals surface area contributed by atoms with E-state index in [0.717, 1.165) is 11.1 Å². The van der Waals surface area contributed by atoms with Gasteiger partial charge < -0.3 is 20.3 Å². The zero-order chi connectivity index (χ0) is 26.8. The second-order valence-corrected chi connectivity index (χ2v) is 8.36. The Bertz CT molecular complexity index is 1150. The third-order valence-corrected chi connectivity index (χ3v) is 5.35. The Kier molecular flexibility index (Phi) is 18.4. The summed E-state index contributed by atoms with van der Waals surface area (Å²) >= 11 is 2.23. The summed E-state index contributed by atoms with van der Waals surface area (Å²) in [5, 5.41) is 34.7. The molecule has 0 aliphatic carbocycles. The zero-order valence-electron chi connectivity index (χ0n) is 19.4. The fraction of sp³-hybridized carbons (Fsp3) is 0.103. The monoisotopic (exact) mass is 612 g/mol. The molecule has 0 bridgehead atoms. The van der Waals surface area contributed by atoms with Crippen LogP contribution in [0.5, 0.6) is 0 Å². The number of aliphatic hydroxyl groups excluding tert-OH is 2. The van der Waals surface area contributed by atoms with Gasteiger partial charge in [0.25, 0.3) is 0 Å². The van der Waals surface area contributed by atoms with Gasteiger partial charge in [0, 0.05) is 14.7 Å². The molecular formula is C29H30BIO6. The van der Waals surface area contributed by atoms with Gasteiger partial charge in [-0.1, -0.05) is 104 Å². The molecule has 4 N–H and O–H groups in total. The minimum absolute atomic E-state index is 0. The Morgan fingerprint density at radius 2 is 1.05 bits per heavy atom. The summed E-state index contributed by atoms with van der Waals surface area (Å²) in [6.45, 7) is 4.64. The van der Waals surface area contributed by atoms with Crippen LogP contribution in [0.4, 0.5) is 0 Å². The van der Waals surface area contributed by atoms with Gasteiger partial charge in [0.05, 0.1) is 13.2 Å². The van der Waals surface area contributed by atoms with Crippen molar-refractivity contribution in [1.29, 1.82) is 0 Å². The average Bonchev–Trinajstić information content (AvgIpc) is 2.96. The van der Waals surface area contributed by atoms with Crippen LogP contribution >= 0.6 is 22.6 Å². The quantitative estimate of drug-likeness (QED) is 0.0889. The Hall–Kier alpha value is -3.08. The molecule has 0 spiro atoms.